The fraction of sp³-hybridized carbons (Fsp3) is 0.353. The molecule has 0 saturated heterocycles. The molecule has 0 radical (unpaired) electrons. The number of benzene rings is 1. The van der Waals surface area contributed by atoms with Gasteiger partial charge in [0, 0.05) is 0 Å². The summed E-state index contributed by atoms with van der Waals surface area (Å²) in [5, 5.41) is 0. The second-order valence-electron chi connectivity index (χ2n) is 5.57. The number of aromatic nitrogens is 4. The van der Waals surface area contributed by atoms with E-state index in [1.807, 2.05) is 22.8 Å². The van der Waals surface area contributed by atoms with Crippen LogP contribution in [0, 0.1) is 0 Å². The molecule has 2 aromatic heterocycles. The molecular weight excluding hydrogens is 370 g/mol. The Balaban J connectivity index is 1.91. The van der Waals surface area contributed by atoms with E-state index < -0.39 is 0 Å². The highest BCUT2D eigenvalue weighted by Crippen LogP contribution is 2.25. The number of unbranched alkanes of at least 4 members (excludes halogenated alkanes) is 2. The zero-order valence-electron chi connectivity index (χ0n) is 13.6. The average molecular weight is 390 g/mol. The van der Waals surface area contributed by atoms with Gasteiger partial charge in [-0.15, -0.1) is 0 Å². The number of halogens is 1. The van der Waals surface area contributed by atoms with Crippen molar-refractivity contribution in [2.24, 2.45) is 0 Å². The van der Waals surface area contributed by atoms with Gasteiger partial charge in [-0.25, -0.2) is 4.98 Å². The number of nitrogen functional groups attached to an aromatic ring is 1. The van der Waals surface area contributed by atoms with Gasteiger partial charge in [-0.3, -0.25) is 4.57 Å². The zero-order valence-corrected chi connectivity index (χ0v) is 15.2. The SMILES string of the molecule is CCCCCOc1nc(N)c2nc(Br)n(Cc3ccccc3)c2n1. The summed E-state index contributed by atoms with van der Waals surface area (Å²) >= 11 is 3.49. The van der Waals surface area contributed by atoms with Crippen LogP contribution in [0.15, 0.2) is 35.1 Å². The van der Waals surface area contributed by atoms with Crippen LogP contribution in [0.1, 0.15) is 31.7 Å². The molecule has 0 aliphatic carbocycles. The summed E-state index contributed by atoms with van der Waals surface area (Å²) in [6.45, 7) is 3.39. The highest BCUT2D eigenvalue weighted by Gasteiger charge is 2.16. The van der Waals surface area contributed by atoms with Crippen molar-refractivity contribution < 1.29 is 4.74 Å². The molecule has 0 unspecified atom stereocenters. The van der Waals surface area contributed by atoms with Crippen molar-refractivity contribution >= 4 is 32.9 Å². The van der Waals surface area contributed by atoms with E-state index in [1.165, 1.54) is 0 Å². The van der Waals surface area contributed by atoms with E-state index in [9.17, 15) is 0 Å². The van der Waals surface area contributed by atoms with Crippen molar-refractivity contribution in [3.63, 3.8) is 0 Å². The van der Waals surface area contributed by atoms with Crippen LogP contribution < -0.4 is 10.5 Å². The second-order valence-corrected chi connectivity index (χ2v) is 6.28. The number of hydrogen-bond acceptors (Lipinski definition) is 5. The Hall–Kier alpha value is -2.15. The van der Waals surface area contributed by atoms with Gasteiger partial charge in [0.05, 0.1) is 13.2 Å². The zero-order chi connectivity index (χ0) is 16.9. The lowest BCUT2D eigenvalue weighted by molar-refractivity contribution is 0.284. The molecule has 3 rings (SSSR count). The first-order valence-corrected chi connectivity index (χ1v) is 8.84. The van der Waals surface area contributed by atoms with Gasteiger partial charge in [0.2, 0.25) is 0 Å². The van der Waals surface area contributed by atoms with Gasteiger partial charge in [0.15, 0.2) is 21.7 Å². The summed E-state index contributed by atoms with van der Waals surface area (Å²) in [6, 6.07) is 10.4. The number of nitrogens with zero attached hydrogens (tertiary/aromatic N) is 4. The summed E-state index contributed by atoms with van der Waals surface area (Å²) in [5.41, 5.74) is 8.44. The predicted molar refractivity (Wildman–Crippen MR) is 98.0 cm³/mol. The first-order chi connectivity index (χ1) is 11.7. The van der Waals surface area contributed by atoms with E-state index in [0.717, 1.165) is 24.8 Å². The van der Waals surface area contributed by atoms with Crippen LogP contribution in [0.4, 0.5) is 5.82 Å². The number of anilines is 1. The Kier molecular flexibility index (Phi) is 5.30. The third-order valence-electron chi connectivity index (χ3n) is 3.72. The molecule has 0 spiro atoms. The summed E-state index contributed by atoms with van der Waals surface area (Å²) in [6.07, 6.45) is 3.24. The highest BCUT2D eigenvalue weighted by molar-refractivity contribution is 9.10. The van der Waals surface area contributed by atoms with E-state index >= 15 is 0 Å². The molecule has 0 amide bonds. The summed E-state index contributed by atoms with van der Waals surface area (Å²) < 4.78 is 8.28. The van der Waals surface area contributed by atoms with Crippen molar-refractivity contribution in [1.82, 2.24) is 19.5 Å². The maximum absolute atomic E-state index is 6.04. The molecule has 6 nitrogen and oxygen atoms in total. The summed E-state index contributed by atoms with van der Waals surface area (Å²) in [5.74, 6) is 0.331. The Morgan fingerprint density at radius 1 is 1.12 bits per heavy atom. The third-order valence-corrected chi connectivity index (χ3v) is 4.32. The quantitative estimate of drug-likeness (QED) is 0.491. The lowest BCUT2D eigenvalue weighted by Gasteiger charge is -2.08. The van der Waals surface area contributed by atoms with Gasteiger partial charge < -0.3 is 10.5 Å². The monoisotopic (exact) mass is 389 g/mol. The molecule has 0 aliphatic rings. The topological polar surface area (TPSA) is 78.9 Å². The molecule has 126 valence electrons. The van der Waals surface area contributed by atoms with Crippen molar-refractivity contribution in [1.29, 1.82) is 0 Å². The fourth-order valence-corrected chi connectivity index (χ4v) is 2.93. The smallest absolute Gasteiger partial charge is 0.320 e. The van der Waals surface area contributed by atoms with Gasteiger partial charge in [-0.05, 0) is 27.9 Å². The van der Waals surface area contributed by atoms with Crippen molar-refractivity contribution in [3.8, 4) is 6.01 Å². The number of rotatable bonds is 7. The summed E-state index contributed by atoms with van der Waals surface area (Å²) in [7, 11) is 0. The lowest BCUT2D eigenvalue weighted by Crippen LogP contribution is -2.06. The molecule has 3 aromatic rings. The molecule has 7 heteroatoms. The number of nitrogens with two attached hydrogens (primary N) is 1. The molecule has 24 heavy (non-hydrogen) atoms. The van der Waals surface area contributed by atoms with Crippen LogP contribution in [0.2, 0.25) is 0 Å². The Morgan fingerprint density at radius 3 is 2.67 bits per heavy atom. The Labute approximate surface area is 149 Å². The van der Waals surface area contributed by atoms with Crippen LogP contribution in [-0.4, -0.2) is 26.1 Å². The molecule has 0 fully saturated rings. The molecule has 2 N–H and O–H groups in total. The number of ether oxygens (including phenoxy) is 1. The van der Waals surface area contributed by atoms with E-state index in [-0.39, 0.29) is 0 Å². The first-order valence-electron chi connectivity index (χ1n) is 8.05. The van der Waals surface area contributed by atoms with Gasteiger partial charge in [-0.2, -0.15) is 9.97 Å². The Morgan fingerprint density at radius 2 is 1.92 bits per heavy atom. The van der Waals surface area contributed by atoms with E-state index in [4.69, 9.17) is 10.5 Å². The standard InChI is InChI=1S/C17H20BrN5O/c1-2-3-7-10-24-17-21-14(19)13-15(22-17)23(16(18)20-13)11-12-8-5-4-6-9-12/h4-6,8-9H,2-3,7,10-11H2,1H3,(H2,19,21,22). The van der Waals surface area contributed by atoms with Crippen LogP contribution >= 0.6 is 15.9 Å². The highest BCUT2D eigenvalue weighted by atomic mass is 79.9. The molecule has 0 saturated carbocycles. The van der Waals surface area contributed by atoms with Gasteiger partial charge in [0.25, 0.3) is 0 Å². The summed E-state index contributed by atoms with van der Waals surface area (Å²) in [4.78, 5) is 13.1. The van der Waals surface area contributed by atoms with Gasteiger partial charge in [-0.1, -0.05) is 50.1 Å². The number of imidazole rings is 1. The number of fused-ring (bicyclic) bond motifs is 1. The molecule has 2 heterocycles. The molecule has 0 aliphatic heterocycles. The number of hydrogen-bond donors (Lipinski definition) is 1. The largest absolute Gasteiger partial charge is 0.463 e. The minimum Gasteiger partial charge on any atom is -0.463 e. The Bertz CT molecular complexity index is 819. The van der Waals surface area contributed by atoms with Crippen LogP contribution in [0.3, 0.4) is 0 Å². The molecule has 0 bridgehead atoms. The van der Waals surface area contributed by atoms with Crippen LogP contribution in [0.5, 0.6) is 6.01 Å². The maximum Gasteiger partial charge on any atom is 0.320 e. The van der Waals surface area contributed by atoms with Gasteiger partial charge >= 0.3 is 6.01 Å². The fourth-order valence-electron chi connectivity index (χ4n) is 2.46. The molecule has 0 atom stereocenters. The van der Waals surface area contributed by atoms with E-state index in [2.05, 4.69) is 49.9 Å². The normalized spacial score (nSPS) is 11.1. The van der Waals surface area contributed by atoms with E-state index in [0.29, 0.717) is 40.9 Å². The minimum absolute atomic E-state index is 0.304. The van der Waals surface area contributed by atoms with Crippen molar-refractivity contribution in [3.05, 3.63) is 40.6 Å². The predicted octanol–water partition coefficient (Wildman–Crippen LogP) is 3.79. The molecule has 1 aromatic carbocycles. The van der Waals surface area contributed by atoms with Crippen molar-refractivity contribution in [2.45, 2.75) is 32.7 Å². The minimum atomic E-state index is 0.304. The van der Waals surface area contributed by atoms with Crippen molar-refractivity contribution in [2.75, 3.05) is 12.3 Å². The molecular formula is C17H20BrN5O. The second kappa shape index (κ2) is 7.61. The lowest BCUT2D eigenvalue weighted by atomic mass is 10.2. The van der Waals surface area contributed by atoms with Crippen LogP contribution in [-0.2, 0) is 6.54 Å². The van der Waals surface area contributed by atoms with Gasteiger partial charge in [0.1, 0.15) is 0 Å². The maximum atomic E-state index is 6.04. The average Bonchev–Trinajstić information content (AvgIpc) is 2.90. The van der Waals surface area contributed by atoms with E-state index in [1.54, 1.807) is 0 Å². The first kappa shape index (κ1) is 16.7. The third kappa shape index (κ3) is 3.67. The van der Waals surface area contributed by atoms with Crippen LogP contribution in [0.25, 0.3) is 11.2 Å².